The summed E-state index contributed by atoms with van der Waals surface area (Å²) < 4.78 is 0. The maximum atomic E-state index is 14.2. The Morgan fingerprint density at radius 3 is 1.21 bits per heavy atom. The van der Waals surface area contributed by atoms with Crippen molar-refractivity contribution in [2.24, 2.45) is 39.9 Å². The van der Waals surface area contributed by atoms with Crippen LogP contribution in [0.25, 0.3) is 0 Å². The number of hydrogen-bond donors (Lipinski definition) is 11. The van der Waals surface area contributed by atoms with Crippen LogP contribution in [-0.2, 0) is 39.6 Å². The van der Waals surface area contributed by atoms with Crippen molar-refractivity contribution >= 4 is 60.0 Å². The Labute approximate surface area is 504 Å². The minimum atomic E-state index is -1.52. The molecule has 0 saturated heterocycles. The van der Waals surface area contributed by atoms with Crippen LogP contribution in [0.5, 0.6) is 0 Å². The highest BCUT2D eigenvalue weighted by Crippen LogP contribution is 2.50. The van der Waals surface area contributed by atoms with Crippen molar-refractivity contribution in [2.75, 3.05) is 26.2 Å². The number of benzene rings is 2. The lowest BCUT2D eigenvalue weighted by molar-refractivity contribution is -0.146. The van der Waals surface area contributed by atoms with Crippen molar-refractivity contribution in [2.45, 2.75) is 218 Å². The van der Waals surface area contributed by atoms with Crippen LogP contribution >= 0.6 is 12.4 Å². The summed E-state index contributed by atoms with van der Waals surface area (Å²) in [5, 5.41) is 43.1. The molecule has 4 unspecified atom stereocenters. The van der Waals surface area contributed by atoms with Crippen molar-refractivity contribution in [1.29, 1.82) is 0 Å². The number of aliphatic hydroxyl groups is 2. The lowest BCUT2D eigenvalue weighted by Gasteiger charge is -2.37. The number of halogens is 1. The molecule has 0 aliphatic heterocycles. The molecule has 14 N–H and O–H groups in total. The molecule has 4 fully saturated rings. The smallest absolute Gasteiger partial charge is 0.323 e. The van der Waals surface area contributed by atoms with Crippen LogP contribution in [0.1, 0.15) is 171 Å². The van der Waals surface area contributed by atoms with Gasteiger partial charge in [-0.2, -0.15) is 0 Å². The predicted octanol–water partition coefficient (Wildman–Crippen LogP) is 5.50. The van der Waals surface area contributed by atoms with E-state index in [0.29, 0.717) is 37.8 Å². The van der Waals surface area contributed by atoms with Gasteiger partial charge in [-0.1, -0.05) is 141 Å². The fraction of sp³-hybridized carbons (Fsp3) is 0.677. The largest absolute Gasteiger partial charge is 0.480 e. The predicted molar refractivity (Wildman–Crippen MR) is 326 cm³/mol. The zero-order chi connectivity index (χ0) is 62.5. The van der Waals surface area contributed by atoms with E-state index in [1.54, 1.807) is 0 Å². The molecule has 472 valence electrons. The third-order valence-electron chi connectivity index (χ3n) is 15.9. The highest BCUT2D eigenvalue weighted by Gasteiger charge is 2.50. The molecule has 6 atom stereocenters. The molecule has 84 heavy (non-hydrogen) atoms. The van der Waals surface area contributed by atoms with Gasteiger partial charge in [0.05, 0.1) is 12.6 Å². The molecular formula is C62H101ClN10O11. The molecular weight excluding hydrogens is 1100 g/mol. The molecule has 0 spiro atoms. The van der Waals surface area contributed by atoms with Gasteiger partial charge < -0.3 is 68.9 Å². The molecule has 4 aliphatic carbocycles. The second kappa shape index (κ2) is 30.4. The van der Waals surface area contributed by atoms with Gasteiger partial charge >= 0.3 is 18.0 Å². The molecule has 2 aromatic rings. The first-order chi connectivity index (χ1) is 38.3. The molecule has 2 aromatic carbocycles. The third-order valence-corrected chi connectivity index (χ3v) is 15.9. The summed E-state index contributed by atoms with van der Waals surface area (Å²) in [6.45, 7) is 22.2. The summed E-state index contributed by atoms with van der Waals surface area (Å²) >= 11 is 0. The second-order valence-electron chi connectivity index (χ2n) is 28.0. The average molecular weight is 1200 g/mol. The number of carbonyl (C=O) groups is 8. The van der Waals surface area contributed by atoms with Crippen LogP contribution < -0.4 is 43.8 Å². The number of rotatable bonds is 23. The van der Waals surface area contributed by atoms with Gasteiger partial charge in [0.2, 0.25) is 29.5 Å². The first-order valence-electron chi connectivity index (χ1n) is 29.4. The highest BCUT2D eigenvalue weighted by molar-refractivity contribution is 5.92. The summed E-state index contributed by atoms with van der Waals surface area (Å²) in [5.74, 6) is -3.03. The second-order valence-corrected chi connectivity index (χ2v) is 28.0. The van der Waals surface area contributed by atoms with Crippen molar-refractivity contribution in [3.63, 3.8) is 0 Å². The number of nitrogens with two attached hydrogens (primary N) is 3. The number of carboxylic acids is 1. The molecule has 0 aromatic heterocycles. The maximum absolute atomic E-state index is 14.2. The molecule has 4 aliphatic rings. The van der Waals surface area contributed by atoms with Gasteiger partial charge in [0.15, 0.2) is 6.10 Å². The number of carboxylic acid groups (broad SMARTS) is 1. The average Bonchev–Trinajstić information content (AvgIpc) is 2.95. The number of nitrogens with zero attached hydrogens (tertiary/aromatic N) is 2. The fourth-order valence-corrected chi connectivity index (χ4v) is 10.4. The van der Waals surface area contributed by atoms with E-state index in [1.165, 1.54) is 29.1 Å². The Morgan fingerprint density at radius 1 is 0.560 bits per heavy atom. The van der Waals surface area contributed by atoms with Gasteiger partial charge in [0.1, 0.15) is 24.7 Å². The van der Waals surface area contributed by atoms with Crippen molar-refractivity contribution in [3.05, 3.63) is 71.8 Å². The number of amides is 9. The van der Waals surface area contributed by atoms with E-state index in [2.05, 4.69) is 26.6 Å². The number of urea groups is 2. The molecule has 22 heteroatoms. The van der Waals surface area contributed by atoms with Crippen LogP contribution in [0.15, 0.2) is 60.7 Å². The number of primary amides is 2. The standard InChI is InChI=1S/C31H49N5O5.C23H35N3O4.C8H16N2O2.ClH/c1-29(2,3)25(34-28(41)35-30(4,5)6)27(40)36(19-31(15-16-31)21-13-8-7-9-14-21)18-23(37)33-22(24(38)26(32)39)17-20-11-10-12-20;1-21(2,3)18(24-20(30)25-22(4,5)6)19(29)26(14-17(27)28)15-23(12-13-23)16-10-8-7-9-11-16;9-6(7(11)8(10)12)4-5-2-1-3-5;/h7-9,13-14,20,22,24-25,38H,10-12,15-19H2,1-6H3,(H2,32,39)(H,33,37)(H2,34,35,41);7-11,18H,12-15H2,1-6H3,(H,27,28)(H2,24,25,30);5-7,11H,1-4,9H2,(H2,10,12);1H/t22?,24?,25-;18-;;/m11../s1. The van der Waals surface area contributed by atoms with Gasteiger partial charge in [0.25, 0.3) is 0 Å². The Kier molecular flexibility index (Phi) is 26.1. The zero-order valence-electron chi connectivity index (χ0n) is 51.8. The summed E-state index contributed by atoms with van der Waals surface area (Å²) in [5.41, 5.74) is 15.4. The first-order valence-corrected chi connectivity index (χ1v) is 29.4. The summed E-state index contributed by atoms with van der Waals surface area (Å²) in [4.78, 5) is 103. The van der Waals surface area contributed by atoms with Crippen molar-refractivity contribution in [1.82, 2.24) is 36.4 Å². The molecule has 21 nitrogen and oxygen atoms in total. The topological polar surface area (TPSA) is 342 Å². The molecule has 6 rings (SSSR count). The van der Waals surface area contributed by atoms with E-state index in [1.807, 2.05) is 144 Å². The van der Waals surface area contributed by atoms with E-state index in [-0.39, 0.29) is 41.6 Å². The SMILES string of the molecule is CC(C)(C)NC(=O)N[C@H](C(=O)N(CC(=O)NC(CC1CCC1)C(O)C(N)=O)CC1(c2ccccc2)CC1)C(C)(C)C.CC(C)(C)NC(=O)N[C@H](C(=O)N(CC(=O)O)CC1(c2ccccc2)CC1)C(C)(C)C.Cl.NC(=O)C(O)C(N)CC1CCC1. The molecule has 0 heterocycles. The van der Waals surface area contributed by atoms with Gasteiger partial charge in [-0.05, 0) is 114 Å². The maximum Gasteiger partial charge on any atom is 0.323 e. The summed E-state index contributed by atoms with van der Waals surface area (Å²) in [6, 6.07) is 15.8. The first kappa shape index (κ1) is 72.2. The quantitative estimate of drug-likeness (QED) is 0.0658. The van der Waals surface area contributed by atoms with Crippen LogP contribution in [-0.4, -0.2) is 146 Å². The molecule has 0 radical (unpaired) electrons. The number of nitrogens with one attached hydrogen (secondary N) is 5. The molecule has 9 amide bonds. The van der Waals surface area contributed by atoms with Gasteiger partial charge in [0, 0.05) is 41.0 Å². The number of aliphatic carboxylic acids is 1. The lowest BCUT2D eigenvalue weighted by Crippen LogP contribution is -2.60. The van der Waals surface area contributed by atoms with Crippen molar-refractivity contribution in [3.8, 4) is 0 Å². The van der Waals surface area contributed by atoms with Crippen LogP contribution in [0, 0.1) is 22.7 Å². The van der Waals surface area contributed by atoms with Crippen LogP contribution in [0.2, 0.25) is 0 Å². The van der Waals surface area contributed by atoms with Gasteiger partial charge in [-0.25, -0.2) is 9.59 Å². The van der Waals surface area contributed by atoms with Crippen LogP contribution in [0.4, 0.5) is 9.59 Å². The third kappa shape index (κ3) is 23.1. The van der Waals surface area contributed by atoms with E-state index in [9.17, 15) is 48.6 Å². The lowest BCUT2D eigenvalue weighted by atomic mass is 9.80. The van der Waals surface area contributed by atoms with Crippen LogP contribution in [0.3, 0.4) is 0 Å². The minimum absolute atomic E-state index is 0. The normalized spacial score (nSPS) is 18.2. The molecule has 0 bridgehead atoms. The van der Waals surface area contributed by atoms with Gasteiger partial charge in [-0.3, -0.25) is 28.8 Å². The van der Waals surface area contributed by atoms with E-state index in [0.717, 1.165) is 56.1 Å². The minimum Gasteiger partial charge on any atom is -0.480 e. The Hall–Kier alpha value is -6.03. The Balaban J connectivity index is 0.000000374. The van der Waals surface area contributed by atoms with Crippen molar-refractivity contribution < 1.29 is 53.7 Å². The van der Waals surface area contributed by atoms with E-state index >= 15 is 0 Å². The van der Waals surface area contributed by atoms with Gasteiger partial charge in [-0.15, -0.1) is 12.4 Å². The number of hydrogen-bond acceptors (Lipinski definition) is 11. The molecule has 4 saturated carbocycles. The van der Waals surface area contributed by atoms with E-state index in [4.69, 9.17) is 22.3 Å². The Bertz CT molecular complexity index is 2510. The fourth-order valence-electron chi connectivity index (χ4n) is 10.4. The summed E-state index contributed by atoms with van der Waals surface area (Å²) in [7, 11) is 0. The summed E-state index contributed by atoms with van der Waals surface area (Å²) in [6.07, 6.45) is 8.58. The number of aliphatic hydroxyl groups excluding tert-OH is 2. The number of carbonyl (C=O) groups excluding carboxylic acids is 7. The highest BCUT2D eigenvalue weighted by atomic mass is 35.5. The Morgan fingerprint density at radius 2 is 0.917 bits per heavy atom. The monoisotopic (exact) mass is 1200 g/mol. The van der Waals surface area contributed by atoms with E-state index < -0.39 is 101 Å². The zero-order valence-corrected chi connectivity index (χ0v) is 52.7.